The Balaban J connectivity index is 1.95. The largest absolute Gasteiger partial charge is 0.473 e. The van der Waals surface area contributed by atoms with Gasteiger partial charge in [-0.25, -0.2) is 0 Å². The first kappa shape index (κ1) is 12.8. The maximum atomic E-state index is 11.3. The molecule has 1 amide bonds. The van der Waals surface area contributed by atoms with Crippen molar-refractivity contribution in [1.82, 2.24) is 15.5 Å². The normalized spacial score (nSPS) is 23.4. The number of nitrogens with two attached hydrogens (primary N) is 1. The molecule has 2 rings (SSSR count). The summed E-state index contributed by atoms with van der Waals surface area (Å²) in [7, 11) is 1.55. The molecule has 6 nitrogen and oxygen atoms in total. The lowest BCUT2D eigenvalue weighted by molar-refractivity contribution is 0.0956. The third-order valence-corrected chi connectivity index (χ3v) is 3.05. The van der Waals surface area contributed by atoms with E-state index in [1.54, 1.807) is 19.2 Å². The first-order valence-electron chi connectivity index (χ1n) is 6.17. The third kappa shape index (κ3) is 3.16. The SMILES string of the molecule is CNC(=O)c1ccc(OC2CCCC(N)C2)nn1. The minimum Gasteiger partial charge on any atom is -0.473 e. The minimum atomic E-state index is -0.256. The van der Waals surface area contributed by atoms with E-state index in [2.05, 4.69) is 15.5 Å². The molecule has 0 saturated heterocycles. The van der Waals surface area contributed by atoms with E-state index < -0.39 is 0 Å². The van der Waals surface area contributed by atoms with Crippen LogP contribution in [0.25, 0.3) is 0 Å². The second-order valence-corrected chi connectivity index (χ2v) is 4.50. The van der Waals surface area contributed by atoms with Crippen LogP contribution >= 0.6 is 0 Å². The van der Waals surface area contributed by atoms with E-state index in [0.29, 0.717) is 5.88 Å². The van der Waals surface area contributed by atoms with Gasteiger partial charge < -0.3 is 15.8 Å². The summed E-state index contributed by atoms with van der Waals surface area (Å²) >= 11 is 0. The van der Waals surface area contributed by atoms with E-state index in [0.717, 1.165) is 25.7 Å². The maximum Gasteiger partial charge on any atom is 0.271 e. The van der Waals surface area contributed by atoms with Gasteiger partial charge in [0.2, 0.25) is 5.88 Å². The van der Waals surface area contributed by atoms with Crippen LogP contribution < -0.4 is 15.8 Å². The van der Waals surface area contributed by atoms with E-state index in [9.17, 15) is 4.79 Å². The average Bonchev–Trinajstić information content (AvgIpc) is 2.39. The number of carbonyl (C=O) groups excluding carboxylic acids is 1. The highest BCUT2D eigenvalue weighted by atomic mass is 16.5. The van der Waals surface area contributed by atoms with Crippen LogP contribution in [-0.4, -0.2) is 35.3 Å². The van der Waals surface area contributed by atoms with E-state index in [-0.39, 0.29) is 23.7 Å². The fraction of sp³-hybridized carbons (Fsp3) is 0.583. The van der Waals surface area contributed by atoms with Crippen LogP contribution in [0.4, 0.5) is 0 Å². The van der Waals surface area contributed by atoms with Crippen molar-refractivity contribution in [2.24, 2.45) is 5.73 Å². The molecule has 1 fully saturated rings. The van der Waals surface area contributed by atoms with Gasteiger partial charge in [0, 0.05) is 19.2 Å². The van der Waals surface area contributed by atoms with Crippen LogP contribution in [0.2, 0.25) is 0 Å². The van der Waals surface area contributed by atoms with Crippen molar-refractivity contribution < 1.29 is 9.53 Å². The first-order valence-corrected chi connectivity index (χ1v) is 6.17. The van der Waals surface area contributed by atoms with E-state index >= 15 is 0 Å². The van der Waals surface area contributed by atoms with Crippen LogP contribution in [0.15, 0.2) is 12.1 Å². The molecule has 2 atom stereocenters. The van der Waals surface area contributed by atoms with Crippen molar-refractivity contribution in [3.63, 3.8) is 0 Å². The van der Waals surface area contributed by atoms with Gasteiger partial charge in [-0.3, -0.25) is 4.79 Å². The molecule has 0 spiro atoms. The van der Waals surface area contributed by atoms with E-state index in [1.807, 2.05) is 0 Å². The highest BCUT2D eigenvalue weighted by Gasteiger charge is 2.21. The second kappa shape index (κ2) is 5.77. The van der Waals surface area contributed by atoms with Gasteiger partial charge in [0.1, 0.15) is 6.10 Å². The van der Waals surface area contributed by atoms with Gasteiger partial charge in [0.05, 0.1) is 0 Å². The van der Waals surface area contributed by atoms with Gasteiger partial charge in [-0.05, 0) is 31.7 Å². The lowest BCUT2D eigenvalue weighted by Gasteiger charge is -2.26. The Kier molecular flexibility index (Phi) is 4.09. The lowest BCUT2D eigenvalue weighted by atomic mass is 9.94. The fourth-order valence-corrected chi connectivity index (χ4v) is 2.09. The minimum absolute atomic E-state index is 0.105. The molecular formula is C12H18N4O2. The van der Waals surface area contributed by atoms with Crippen molar-refractivity contribution in [1.29, 1.82) is 0 Å². The quantitative estimate of drug-likeness (QED) is 0.814. The highest BCUT2D eigenvalue weighted by Crippen LogP contribution is 2.21. The van der Waals surface area contributed by atoms with Crippen molar-refractivity contribution >= 4 is 5.91 Å². The number of amides is 1. The summed E-state index contributed by atoms with van der Waals surface area (Å²) in [6.45, 7) is 0. The summed E-state index contributed by atoms with van der Waals surface area (Å²) in [6, 6.07) is 3.48. The first-order chi connectivity index (χ1) is 8.69. The third-order valence-electron chi connectivity index (χ3n) is 3.05. The molecule has 0 aromatic carbocycles. The lowest BCUT2D eigenvalue weighted by Crippen LogP contribution is -2.34. The predicted molar refractivity (Wildman–Crippen MR) is 66.3 cm³/mol. The van der Waals surface area contributed by atoms with Gasteiger partial charge in [0.15, 0.2) is 5.69 Å². The zero-order valence-corrected chi connectivity index (χ0v) is 10.4. The number of nitrogens with zero attached hydrogens (tertiary/aromatic N) is 2. The molecule has 1 aliphatic carbocycles. The van der Waals surface area contributed by atoms with Gasteiger partial charge >= 0.3 is 0 Å². The molecule has 1 saturated carbocycles. The van der Waals surface area contributed by atoms with E-state index in [1.165, 1.54) is 0 Å². The summed E-state index contributed by atoms with van der Waals surface area (Å²) in [5, 5.41) is 10.2. The van der Waals surface area contributed by atoms with E-state index in [4.69, 9.17) is 10.5 Å². The monoisotopic (exact) mass is 250 g/mol. The molecule has 2 unspecified atom stereocenters. The fourth-order valence-electron chi connectivity index (χ4n) is 2.09. The van der Waals surface area contributed by atoms with Gasteiger partial charge in [0.25, 0.3) is 5.91 Å². The Morgan fingerprint density at radius 1 is 1.44 bits per heavy atom. The standard InChI is InChI=1S/C12H18N4O2/c1-14-12(17)10-5-6-11(16-15-10)18-9-4-2-3-8(13)7-9/h5-6,8-9H,2-4,7,13H2,1H3,(H,14,17). The Hall–Kier alpha value is -1.69. The Labute approximate surface area is 106 Å². The molecule has 1 aliphatic rings. The Morgan fingerprint density at radius 2 is 2.28 bits per heavy atom. The molecule has 1 aromatic heterocycles. The van der Waals surface area contributed by atoms with Crippen LogP contribution in [0.1, 0.15) is 36.2 Å². The molecule has 0 radical (unpaired) electrons. The molecule has 0 bridgehead atoms. The van der Waals surface area contributed by atoms with Crippen LogP contribution in [0.3, 0.4) is 0 Å². The highest BCUT2D eigenvalue weighted by molar-refractivity contribution is 5.91. The Bertz CT molecular complexity index is 407. The number of aromatic nitrogens is 2. The predicted octanol–water partition coefficient (Wildman–Crippen LogP) is 0.485. The summed E-state index contributed by atoms with van der Waals surface area (Å²) in [5.74, 6) is 0.190. The molecule has 18 heavy (non-hydrogen) atoms. The molecule has 0 aliphatic heterocycles. The molecule has 98 valence electrons. The van der Waals surface area contributed by atoms with Crippen molar-refractivity contribution in [2.75, 3.05) is 7.05 Å². The number of hydrogen-bond acceptors (Lipinski definition) is 5. The average molecular weight is 250 g/mol. The molecule has 1 aromatic rings. The zero-order valence-electron chi connectivity index (χ0n) is 10.4. The number of carbonyl (C=O) groups is 1. The maximum absolute atomic E-state index is 11.3. The summed E-state index contributed by atoms with van der Waals surface area (Å²) in [5.41, 5.74) is 6.17. The number of ether oxygens (including phenoxy) is 1. The number of rotatable bonds is 3. The van der Waals surface area contributed by atoms with Crippen LogP contribution in [0, 0.1) is 0 Å². The van der Waals surface area contributed by atoms with Crippen LogP contribution in [0.5, 0.6) is 5.88 Å². The number of hydrogen-bond donors (Lipinski definition) is 2. The summed E-state index contributed by atoms with van der Waals surface area (Å²) in [4.78, 5) is 11.3. The van der Waals surface area contributed by atoms with Gasteiger partial charge in [-0.2, -0.15) is 0 Å². The molecule has 3 N–H and O–H groups in total. The van der Waals surface area contributed by atoms with Crippen LogP contribution in [-0.2, 0) is 0 Å². The number of nitrogens with one attached hydrogen (secondary N) is 1. The smallest absolute Gasteiger partial charge is 0.271 e. The van der Waals surface area contributed by atoms with Crippen molar-refractivity contribution in [3.8, 4) is 5.88 Å². The second-order valence-electron chi connectivity index (χ2n) is 4.50. The molecule has 6 heteroatoms. The van der Waals surface area contributed by atoms with Crippen molar-refractivity contribution in [3.05, 3.63) is 17.8 Å². The van der Waals surface area contributed by atoms with Crippen molar-refractivity contribution in [2.45, 2.75) is 37.8 Å². The Morgan fingerprint density at radius 3 is 2.89 bits per heavy atom. The molecule has 1 heterocycles. The topological polar surface area (TPSA) is 90.1 Å². The van der Waals surface area contributed by atoms with Gasteiger partial charge in [-0.15, -0.1) is 10.2 Å². The summed E-state index contributed by atoms with van der Waals surface area (Å²) in [6.07, 6.45) is 4.08. The van der Waals surface area contributed by atoms with Gasteiger partial charge in [-0.1, -0.05) is 0 Å². The molecular weight excluding hydrogens is 232 g/mol. The summed E-state index contributed by atoms with van der Waals surface area (Å²) < 4.78 is 5.71. The zero-order chi connectivity index (χ0) is 13.0.